The number of rotatable bonds is 1. The van der Waals surface area contributed by atoms with E-state index in [1.807, 2.05) is 13.8 Å². The molecule has 0 aliphatic carbocycles. The van der Waals surface area contributed by atoms with Crippen molar-refractivity contribution in [3.8, 4) is 5.88 Å². The van der Waals surface area contributed by atoms with Crippen molar-refractivity contribution in [2.75, 3.05) is 5.32 Å². The highest BCUT2D eigenvalue weighted by Gasteiger charge is 2.28. The molecule has 6 nitrogen and oxygen atoms in total. The van der Waals surface area contributed by atoms with E-state index in [1.165, 1.54) is 0 Å². The number of hydrogen-bond acceptors (Lipinski definition) is 4. The molecule has 1 aromatic heterocycles. The van der Waals surface area contributed by atoms with Crippen LogP contribution in [0.3, 0.4) is 0 Å². The summed E-state index contributed by atoms with van der Waals surface area (Å²) in [6.07, 6.45) is 0.607. The van der Waals surface area contributed by atoms with Crippen LogP contribution in [0.5, 0.6) is 5.88 Å². The highest BCUT2D eigenvalue weighted by atomic mass is 16.5. The van der Waals surface area contributed by atoms with Crippen LogP contribution in [-0.4, -0.2) is 21.9 Å². The minimum Gasteiger partial charge on any atom is -0.448 e. The summed E-state index contributed by atoms with van der Waals surface area (Å²) in [6, 6.07) is 0.168. The number of nitrogens with zero attached hydrogens (tertiary/aromatic N) is 2. The maximum Gasteiger partial charge on any atom is 0.280 e. The van der Waals surface area contributed by atoms with Gasteiger partial charge >= 0.3 is 0 Å². The number of carbonyl (C=O) groups is 1. The van der Waals surface area contributed by atoms with E-state index in [0.717, 1.165) is 0 Å². The van der Waals surface area contributed by atoms with Gasteiger partial charge in [-0.15, -0.1) is 0 Å². The van der Waals surface area contributed by atoms with Gasteiger partial charge in [-0.3, -0.25) is 10.5 Å². The smallest absolute Gasteiger partial charge is 0.280 e. The van der Waals surface area contributed by atoms with Crippen molar-refractivity contribution in [2.45, 2.75) is 26.1 Å². The predicted octanol–water partition coefficient (Wildman–Crippen LogP) is 0.0797. The second-order valence-corrected chi connectivity index (χ2v) is 3.43. The monoisotopic (exact) mass is 196 g/mol. The van der Waals surface area contributed by atoms with Crippen molar-refractivity contribution < 1.29 is 9.53 Å². The van der Waals surface area contributed by atoms with Crippen LogP contribution in [-0.2, 0) is 4.79 Å². The maximum absolute atomic E-state index is 11.1. The summed E-state index contributed by atoms with van der Waals surface area (Å²) in [5, 5.41) is 6.70. The molecular weight excluding hydrogens is 184 g/mol. The van der Waals surface area contributed by atoms with E-state index in [0.29, 0.717) is 11.6 Å². The van der Waals surface area contributed by atoms with E-state index in [4.69, 9.17) is 10.5 Å². The lowest BCUT2D eigenvalue weighted by Gasteiger charge is -2.22. The number of hydrogen-bond donors (Lipinski definition) is 2. The van der Waals surface area contributed by atoms with Crippen LogP contribution in [0.2, 0.25) is 0 Å². The Morgan fingerprint density at radius 2 is 2.43 bits per heavy atom. The third-order valence-electron chi connectivity index (χ3n) is 1.99. The van der Waals surface area contributed by atoms with E-state index in [1.54, 1.807) is 10.9 Å². The van der Waals surface area contributed by atoms with Gasteiger partial charge in [-0.1, -0.05) is 0 Å². The lowest BCUT2D eigenvalue weighted by Crippen LogP contribution is -2.43. The zero-order valence-corrected chi connectivity index (χ0v) is 8.02. The lowest BCUT2D eigenvalue weighted by atomic mass is 10.3. The zero-order chi connectivity index (χ0) is 10.3. The molecule has 0 spiro atoms. The molecule has 0 saturated heterocycles. The Bertz CT molecular complexity index is 371. The van der Waals surface area contributed by atoms with Crippen molar-refractivity contribution in [1.82, 2.24) is 9.78 Å². The van der Waals surface area contributed by atoms with Gasteiger partial charge in [-0.2, -0.15) is 5.10 Å². The number of anilines is 1. The van der Waals surface area contributed by atoms with Crippen LogP contribution in [0, 0.1) is 0 Å². The van der Waals surface area contributed by atoms with Crippen LogP contribution >= 0.6 is 0 Å². The second kappa shape index (κ2) is 2.98. The van der Waals surface area contributed by atoms with Crippen molar-refractivity contribution in [3.05, 3.63) is 6.20 Å². The number of nitrogens with one attached hydrogen (secondary N) is 1. The van der Waals surface area contributed by atoms with E-state index in [2.05, 4.69) is 10.4 Å². The van der Waals surface area contributed by atoms with Crippen LogP contribution in [0.15, 0.2) is 6.20 Å². The first-order valence-electron chi connectivity index (χ1n) is 4.40. The summed E-state index contributed by atoms with van der Waals surface area (Å²) in [6.45, 7) is 3.94. The van der Waals surface area contributed by atoms with Gasteiger partial charge in [0, 0.05) is 0 Å². The van der Waals surface area contributed by atoms with Gasteiger partial charge in [0.15, 0.2) is 0 Å². The average molecular weight is 196 g/mol. The standard InChI is InChI=1S/C8H12N4O2/c1-4(2)12-8-5(3-10-12)11-7(13)6(9)14-8/h3-4,6H,9H2,1-2H3,(H,11,13)/t6-/m0/s1. The SMILES string of the molecule is CC(C)n1ncc2c1O[C@H](N)C(=O)N2. The van der Waals surface area contributed by atoms with E-state index in [9.17, 15) is 4.79 Å². The molecule has 0 bridgehead atoms. The van der Waals surface area contributed by atoms with Gasteiger partial charge < -0.3 is 10.1 Å². The molecule has 14 heavy (non-hydrogen) atoms. The minimum absolute atomic E-state index is 0.168. The lowest BCUT2D eigenvalue weighted by molar-refractivity contribution is -0.123. The topological polar surface area (TPSA) is 82.2 Å². The van der Waals surface area contributed by atoms with E-state index in [-0.39, 0.29) is 11.9 Å². The maximum atomic E-state index is 11.1. The molecule has 6 heteroatoms. The molecule has 1 atom stereocenters. The highest BCUT2D eigenvalue weighted by Crippen LogP contribution is 2.30. The summed E-state index contributed by atoms with van der Waals surface area (Å²) >= 11 is 0. The van der Waals surface area contributed by atoms with E-state index >= 15 is 0 Å². The van der Waals surface area contributed by atoms with Gasteiger partial charge in [-0.25, -0.2) is 4.68 Å². The fourth-order valence-electron chi connectivity index (χ4n) is 1.30. The van der Waals surface area contributed by atoms with E-state index < -0.39 is 6.23 Å². The number of ether oxygens (including phenoxy) is 1. The number of nitrogens with two attached hydrogens (primary N) is 1. The van der Waals surface area contributed by atoms with Gasteiger partial charge in [-0.05, 0) is 13.8 Å². The third kappa shape index (κ3) is 1.24. The predicted molar refractivity (Wildman–Crippen MR) is 49.8 cm³/mol. The highest BCUT2D eigenvalue weighted by molar-refractivity contribution is 5.96. The molecule has 1 aliphatic rings. The van der Waals surface area contributed by atoms with Crippen LogP contribution in [0.25, 0.3) is 0 Å². The molecule has 0 aromatic carbocycles. The fraction of sp³-hybridized carbons (Fsp3) is 0.500. The molecular formula is C8H12N4O2. The Morgan fingerprint density at radius 3 is 3.07 bits per heavy atom. The molecule has 2 heterocycles. The summed E-state index contributed by atoms with van der Waals surface area (Å²) in [5.74, 6) is 0.174. The Labute approximate surface area is 81.0 Å². The summed E-state index contributed by atoms with van der Waals surface area (Å²) in [5.41, 5.74) is 6.02. The molecule has 1 amide bonds. The van der Waals surface area contributed by atoms with Gasteiger partial charge in [0.2, 0.25) is 12.1 Å². The number of fused-ring (bicyclic) bond motifs is 1. The van der Waals surface area contributed by atoms with Crippen LogP contribution in [0.4, 0.5) is 5.69 Å². The van der Waals surface area contributed by atoms with Crippen molar-refractivity contribution >= 4 is 11.6 Å². The molecule has 76 valence electrons. The number of aromatic nitrogens is 2. The zero-order valence-electron chi connectivity index (χ0n) is 8.02. The molecule has 0 unspecified atom stereocenters. The normalized spacial score (nSPS) is 20.3. The molecule has 3 N–H and O–H groups in total. The van der Waals surface area contributed by atoms with Crippen molar-refractivity contribution in [3.63, 3.8) is 0 Å². The Morgan fingerprint density at radius 1 is 1.71 bits per heavy atom. The summed E-state index contributed by atoms with van der Waals surface area (Å²) in [4.78, 5) is 11.1. The first-order valence-corrected chi connectivity index (χ1v) is 4.40. The molecule has 0 saturated carbocycles. The Kier molecular flexibility index (Phi) is 1.92. The quantitative estimate of drug-likeness (QED) is 0.666. The minimum atomic E-state index is -0.948. The van der Waals surface area contributed by atoms with Gasteiger partial charge in [0.05, 0.1) is 12.2 Å². The summed E-state index contributed by atoms with van der Waals surface area (Å²) in [7, 11) is 0. The van der Waals surface area contributed by atoms with Crippen molar-refractivity contribution in [1.29, 1.82) is 0 Å². The van der Waals surface area contributed by atoms with Gasteiger partial charge in [0.25, 0.3) is 5.91 Å². The van der Waals surface area contributed by atoms with Gasteiger partial charge in [0.1, 0.15) is 5.69 Å². The summed E-state index contributed by atoms with van der Waals surface area (Å²) < 4.78 is 6.92. The number of amides is 1. The first-order chi connectivity index (χ1) is 6.59. The Balaban J connectivity index is 2.40. The molecule has 0 radical (unpaired) electrons. The molecule has 1 aromatic rings. The fourth-order valence-corrected chi connectivity index (χ4v) is 1.30. The largest absolute Gasteiger partial charge is 0.448 e. The van der Waals surface area contributed by atoms with Crippen LogP contribution < -0.4 is 15.8 Å². The average Bonchev–Trinajstić information content (AvgIpc) is 2.48. The Hall–Kier alpha value is -1.56. The molecule has 0 fully saturated rings. The second-order valence-electron chi connectivity index (χ2n) is 3.43. The molecule has 2 rings (SSSR count). The van der Waals surface area contributed by atoms with Crippen LogP contribution in [0.1, 0.15) is 19.9 Å². The van der Waals surface area contributed by atoms with Crippen molar-refractivity contribution in [2.24, 2.45) is 5.73 Å². The molecule has 1 aliphatic heterocycles. The third-order valence-corrected chi connectivity index (χ3v) is 1.99. The number of carbonyl (C=O) groups excluding carboxylic acids is 1. The first kappa shape index (κ1) is 9.01.